The molecule has 2 nitrogen and oxygen atoms in total. The SMILES string of the molecule is CCc1ccc(CNc2ccc(Cl)nc2)s1. The minimum atomic E-state index is 0.523. The molecule has 0 saturated carbocycles. The van der Waals surface area contributed by atoms with Gasteiger partial charge in [-0.05, 0) is 30.7 Å². The first-order valence-electron chi connectivity index (χ1n) is 5.21. The lowest BCUT2D eigenvalue weighted by atomic mass is 10.3. The van der Waals surface area contributed by atoms with Crippen molar-refractivity contribution >= 4 is 28.6 Å². The number of thiophene rings is 1. The van der Waals surface area contributed by atoms with E-state index in [1.165, 1.54) is 9.75 Å². The summed E-state index contributed by atoms with van der Waals surface area (Å²) in [6.45, 7) is 3.01. The van der Waals surface area contributed by atoms with E-state index in [0.29, 0.717) is 5.15 Å². The van der Waals surface area contributed by atoms with Gasteiger partial charge in [-0.25, -0.2) is 4.98 Å². The van der Waals surface area contributed by atoms with Gasteiger partial charge in [0.1, 0.15) is 5.15 Å². The number of halogens is 1. The number of nitrogens with one attached hydrogen (secondary N) is 1. The highest BCUT2D eigenvalue weighted by Gasteiger charge is 1.99. The maximum atomic E-state index is 5.71. The Labute approximate surface area is 104 Å². The second-order valence-corrected chi connectivity index (χ2v) is 5.08. The zero-order valence-electron chi connectivity index (χ0n) is 9.03. The molecule has 0 aromatic carbocycles. The van der Waals surface area contributed by atoms with E-state index < -0.39 is 0 Å². The van der Waals surface area contributed by atoms with Gasteiger partial charge < -0.3 is 5.32 Å². The standard InChI is InChI=1S/C12H13ClN2S/c1-2-10-4-5-11(16-10)8-14-9-3-6-12(13)15-7-9/h3-7,14H,2,8H2,1H3. The van der Waals surface area contributed by atoms with Crippen LogP contribution in [0.15, 0.2) is 30.5 Å². The third-order valence-corrected chi connectivity index (χ3v) is 3.71. The Morgan fingerprint density at radius 3 is 2.69 bits per heavy atom. The molecule has 0 unspecified atom stereocenters. The van der Waals surface area contributed by atoms with Crippen LogP contribution < -0.4 is 5.32 Å². The van der Waals surface area contributed by atoms with E-state index in [-0.39, 0.29) is 0 Å². The van der Waals surface area contributed by atoms with Gasteiger partial charge in [-0.1, -0.05) is 18.5 Å². The molecule has 2 aromatic heterocycles. The number of aryl methyl sites for hydroxylation is 1. The minimum Gasteiger partial charge on any atom is -0.379 e. The zero-order valence-corrected chi connectivity index (χ0v) is 10.6. The molecule has 84 valence electrons. The normalized spacial score (nSPS) is 10.4. The number of nitrogens with zero attached hydrogens (tertiary/aromatic N) is 1. The molecule has 0 amide bonds. The first-order chi connectivity index (χ1) is 7.78. The Morgan fingerprint density at radius 2 is 2.06 bits per heavy atom. The molecule has 0 bridgehead atoms. The minimum absolute atomic E-state index is 0.523. The van der Waals surface area contributed by atoms with E-state index in [1.54, 1.807) is 12.3 Å². The van der Waals surface area contributed by atoms with Crippen LogP contribution in [0.3, 0.4) is 0 Å². The summed E-state index contributed by atoms with van der Waals surface area (Å²) in [6, 6.07) is 8.07. The van der Waals surface area contributed by atoms with Gasteiger partial charge in [0.05, 0.1) is 11.9 Å². The van der Waals surface area contributed by atoms with Gasteiger partial charge in [-0.15, -0.1) is 11.3 Å². The van der Waals surface area contributed by atoms with Gasteiger partial charge in [0, 0.05) is 16.3 Å². The average Bonchev–Trinajstić information content (AvgIpc) is 2.76. The largest absolute Gasteiger partial charge is 0.379 e. The van der Waals surface area contributed by atoms with Crippen LogP contribution in [0.2, 0.25) is 5.15 Å². The van der Waals surface area contributed by atoms with Gasteiger partial charge in [-0.3, -0.25) is 0 Å². The van der Waals surface area contributed by atoms with Crippen molar-refractivity contribution in [1.82, 2.24) is 4.98 Å². The Hall–Kier alpha value is -1.06. The van der Waals surface area contributed by atoms with Gasteiger partial charge in [0.2, 0.25) is 0 Å². The van der Waals surface area contributed by atoms with Crippen molar-refractivity contribution in [3.8, 4) is 0 Å². The molecule has 2 rings (SSSR count). The second-order valence-electron chi connectivity index (χ2n) is 3.44. The van der Waals surface area contributed by atoms with Crippen LogP contribution in [0.1, 0.15) is 16.7 Å². The van der Waals surface area contributed by atoms with Crippen molar-refractivity contribution in [1.29, 1.82) is 0 Å². The van der Waals surface area contributed by atoms with E-state index in [1.807, 2.05) is 17.4 Å². The molecule has 0 spiro atoms. The van der Waals surface area contributed by atoms with Gasteiger partial charge in [0.25, 0.3) is 0 Å². The van der Waals surface area contributed by atoms with E-state index in [0.717, 1.165) is 18.7 Å². The summed E-state index contributed by atoms with van der Waals surface area (Å²) < 4.78 is 0. The van der Waals surface area contributed by atoms with Crippen LogP contribution in [-0.4, -0.2) is 4.98 Å². The van der Waals surface area contributed by atoms with Crippen molar-refractivity contribution in [2.75, 3.05) is 5.32 Å². The molecule has 16 heavy (non-hydrogen) atoms. The first-order valence-corrected chi connectivity index (χ1v) is 6.40. The van der Waals surface area contributed by atoms with E-state index in [9.17, 15) is 0 Å². The molecule has 0 saturated heterocycles. The third-order valence-electron chi connectivity index (χ3n) is 2.26. The molecular weight excluding hydrogens is 240 g/mol. The summed E-state index contributed by atoms with van der Waals surface area (Å²) in [5.41, 5.74) is 0.996. The fraction of sp³-hybridized carbons (Fsp3) is 0.250. The van der Waals surface area contributed by atoms with E-state index in [4.69, 9.17) is 11.6 Å². The summed E-state index contributed by atoms with van der Waals surface area (Å²) in [5.74, 6) is 0. The van der Waals surface area contributed by atoms with Crippen LogP contribution in [-0.2, 0) is 13.0 Å². The predicted octanol–water partition coefficient (Wildman–Crippen LogP) is 3.97. The topological polar surface area (TPSA) is 24.9 Å². The first kappa shape index (κ1) is 11.4. The van der Waals surface area contributed by atoms with Gasteiger partial charge >= 0.3 is 0 Å². The predicted molar refractivity (Wildman–Crippen MR) is 70.3 cm³/mol. The maximum Gasteiger partial charge on any atom is 0.129 e. The van der Waals surface area contributed by atoms with Crippen molar-refractivity contribution in [2.45, 2.75) is 19.9 Å². The molecule has 0 fully saturated rings. The van der Waals surface area contributed by atoms with Crippen LogP contribution in [0.4, 0.5) is 5.69 Å². The molecule has 2 aromatic rings. The molecule has 4 heteroatoms. The number of hydrogen-bond donors (Lipinski definition) is 1. The molecule has 0 aliphatic rings. The van der Waals surface area contributed by atoms with Crippen molar-refractivity contribution in [3.63, 3.8) is 0 Å². The Kier molecular flexibility index (Phi) is 3.80. The molecule has 0 atom stereocenters. The molecule has 0 aliphatic carbocycles. The Morgan fingerprint density at radius 1 is 1.25 bits per heavy atom. The molecule has 0 aliphatic heterocycles. The quantitative estimate of drug-likeness (QED) is 0.833. The Bertz CT molecular complexity index is 450. The maximum absolute atomic E-state index is 5.71. The summed E-state index contributed by atoms with van der Waals surface area (Å²) in [6.07, 6.45) is 2.85. The second kappa shape index (κ2) is 5.32. The highest BCUT2D eigenvalue weighted by atomic mass is 35.5. The molecule has 0 radical (unpaired) electrons. The van der Waals surface area contributed by atoms with Crippen LogP contribution in [0, 0.1) is 0 Å². The lowest BCUT2D eigenvalue weighted by Crippen LogP contribution is -1.97. The summed E-state index contributed by atoms with van der Waals surface area (Å²) in [4.78, 5) is 6.78. The molecular formula is C12H13ClN2S. The van der Waals surface area contributed by atoms with Gasteiger partial charge in [0.15, 0.2) is 0 Å². The van der Waals surface area contributed by atoms with Crippen LogP contribution >= 0.6 is 22.9 Å². The van der Waals surface area contributed by atoms with Crippen LogP contribution in [0.25, 0.3) is 0 Å². The van der Waals surface area contributed by atoms with Gasteiger partial charge in [-0.2, -0.15) is 0 Å². The number of hydrogen-bond acceptors (Lipinski definition) is 3. The monoisotopic (exact) mass is 252 g/mol. The smallest absolute Gasteiger partial charge is 0.129 e. The van der Waals surface area contributed by atoms with E-state index in [2.05, 4.69) is 29.4 Å². The fourth-order valence-electron chi connectivity index (χ4n) is 1.38. The van der Waals surface area contributed by atoms with Crippen molar-refractivity contribution in [2.24, 2.45) is 0 Å². The number of rotatable bonds is 4. The number of anilines is 1. The Balaban J connectivity index is 1.94. The fourth-order valence-corrected chi connectivity index (χ4v) is 2.39. The van der Waals surface area contributed by atoms with E-state index >= 15 is 0 Å². The molecule has 1 N–H and O–H groups in total. The van der Waals surface area contributed by atoms with Crippen LogP contribution in [0.5, 0.6) is 0 Å². The number of aromatic nitrogens is 1. The summed E-state index contributed by atoms with van der Waals surface area (Å²) >= 11 is 7.56. The highest BCUT2D eigenvalue weighted by Crippen LogP contribution is 2.18. The lowest BCUT2D eigenvalue weighted by Gasteiger charge is -2.03. The average molecular weight is 253 g/mol. The lowest BCUT2D eigenvalue weighted by molar-refractivity contribution is 1.17. The third kappa shape index (κ3) is 2.97. The summed E-state index contributed by atoms with van der Waals surface area (Å²) in [7, 11) is 0. The zero-order chi connectivity index (χ0) is 11.4. The summed E-state index contributed by atoms with van der Waals surface area (Å²) in [5, 5.41) is 3.84. The highest BCUT2D eigenvalue weighted by molar-refractivity contribution is 7.12. The molecule has 2 heterocycles. The number of pyridine rings is 1. The van der Waals surface area contributed by atoms with Crippen molar-refractivity contribution < 1.29 is 0 Å². The van der Waals surface area contributed by atoms with Crippen molar-refractivity contribution in [3.05, 3.63) is 45.4 Å².